The van der Waals surface area contributed by atoms with Crippen molar-refractivity contribution in [1.29, 1.82) is 0 Å². The maximum atomic E-state index is 3.50. The average Bonchev–Trinajstić information content (AvgIpc) is 2.43. The van der Waals surface area contributed by atoms with Gasteiger partial charge in [-0.2, -0.15) is 0 Å². The van der Waals surface area contributed by atoms with E-state index in [1.807, 2.05) is 6.92 Å². The zero-order chi connectivity index (χ0) is 12.8. The summed E-state index contributed by atoms with van der Waals surface area (Å²) < 4.78 is 0. The molecule has 1 atom stereocenters. The molecule has 1 unspecified atom stereocenters. The Morgan fingerprint density at radius 2 is 1.89 bits per heavy atom. The molecule has 0 spiro atoms. The van der Waals surface area contributed by atoms with Crippen LogP contribution in [-0.2, 0) is 0 Å². The van der Waals surface area contributed by atoms with Crippen molar-refractivity contribution >= 4 is 10.8 Å². The maximum Gasteiger partial charge on any atom is 0.0431 e. The molecule has 0 heterocycles. The van der Waals surface area contributed by atoms with E-state index in [1.165, 1.54) is 16.3 Å². The molecule has 0 aromatic heterocycles. The van der Waals surface area contributed by atoms with Crippen LogP contribution in [0.3, 0.4) is 0 Å². The number of hydrogen-bond donors (Lipinski definition) is 1. The molecule has 0 fully saturated rings. The monoisotopic (exact) mass is 237 g/mol. The molecule has 0 bridgehead atoms. The van der Waals surface area contributed by atoms with E-state index in [9.17, 15) is 0 Å². The second-order valence-corrected chi connectivity index (χ2v) is 4.35. The molecule has 0 aliphatic heterocycles. The third-order valence-corrected chi connectivity index (χ3v) is 3.11. The quantitative estimate of drug-likeness (QED) is 0.795. The predicted molar refractivity (Wildman–Crippen MR) is 78.4 cm³/mol. The second-order valence-electron chi connectivity index (χ2n) is 4.35. The van der Waals surface area contributed by atoms with Crippen LogP contribution in [0.1, 0.15) is 31.9 Å². The molecule has 92 valence electrons. The number of fused-ring (bicyclic) bond motifs is 1. The lowest BCUT2D eigenvalue weighted by molar-refractivity contribution is 0.566. The van der Waals surface area contributed by atoms with Crippen LogP contribution in [-0.4, -0.2) is 6.54 Å². The summed E-state index contributed by atoms with van der Waals surface area (Å²) in [5, 5.41) is 6.08. The first-order valence-corrected chi connectivity index (χ1v) is 6.47. The second kappa shape index (κ2) is 6.23. The third kappa shape index (κ3) is 2.91. The van der Waals surface area contributed by atoms with E-state index >= 15 is 0 Å². The highest BCUT2D eigenvalue weighted by molar-refractivity contribution is 5.83. The number of benzene rings is 2. The Kier molecular flexibility index (Phi) is 4.39. The molecule has 1 N–H and O–H groups in total. The van der Waals surface area contributed by atoms with Crippen molar-refractivity contribution in [1.82, 2.24) is 5.32 Å². The highest BCUT2D eigenvalue weighted by Gasteiger charge is 2.08. The Balaban J connectivity index is 2.33. The van der Waals surface area contributed by atoms with Gasteiger partial charge in [0, 0.05) is 12.5 Å². The topological polar surface area (TPSA) is 12.0 Å². The molecule has 2 rings (SSSR count). The Hall–Kier alpha value is -1.78. The van der Waals surface area contributed by atoms with Crippen molar-refractivity contribution in [2.45, 2.75) is 26.3 Å². The van der Waals surface area contributed by atoms with Crippen LogP contribution >= 0.6 is 0 Å². The molecule has 0 amide bonds. The van der Waals surface area contributed by atoms with E-state index in [0.29, 0.717) is 6.04 Å². The van der Waals surface area contributed by atoms with Crippen LogP contribution in [0.4, 0.5) is 0 Å². The lowest BCUT2D eigenvalue weighted by Gasteiger charge is -2.16. The fraction of sp³-hybridized carbons (Fsp3) is 0.294. The van der Waals surface area contributed by atoms with Crippen molar-refractivity contribution in [2.75, 3.05) is 6.54 Å². The summed E-state index contributed by atoms with van der Waals surface area (Å²) >= 11 is 0. The zero-order valence-electron chi connectivity index (χ0n) is 11.0. The molecule has 0 saturated carbocycles. The molecule has 1 heteroatoms. The number of rotatable bonds is 4. The minimum Gasteiger partial charge on any atom is -0.309 e. The van der Waals surface area contributed by atoms with Gasteiger partial charge in [-0.25, -0.2) is 0 Å². The normalized spacial score (nSPS) is 11.9. The Bertz CT molecular complexity index is 575. The standard InChI is InChI=1S/C17H19N/c1-3-5-10-17(18-4-2)16-12-11-14-8-6-7-9-15(14)13-16/h6-9,11-13,17-18H,4,10H2,1-2H3. The van der Waals surface area contributed by atoms with Gasteiger partial charge in [0.25, 0.3) is 0 Å². The van der Waals surface area contributed by atoms with Crippen molar-refractivity contribution in [3.63, 3.8) is 0 Å². The first-order valence-electron chi connectivity index (χ1n) is 6.47. The van der Waals surface area contributed by atoms with E-state index in [1.54, 1.807) is 0 Å². The van der Waals surface area contributed by atoms with Crippen molar-refractivity contribution in [2.24, 2.45) is 0 Å². The van der Waals surface area contributed by atoms with Crippen molar-refractivity contribution in [3.8, 4) is 11.8 Å². The van der Waals surface area contributed by atoms with Crippen LogP contribution in [0, 0.1) is 11.8 Å². The van der Waals surface area contributed by atoms with Crippen molar-refractivity contribution < 1.29 is 0 Å². The van der Waals surface area contributed by atoms with Gasteiger partial charge in [-0.1, -0.05) is 43.3 Å². The molecule has 1 nitrogen and oxygen atoms in total. The number of nitrogens with one attached hydrogen (secondary N) is 1. The fourth-order valence-corrected chi connectivity index (χ4v) is 2.18. The molecule has 0 aliphatic carbocycles. The van der Waals surface area contributed by atoms with Gasteiger partial charge in [-0.05, 0) is 35.9 Å². The van der Waals surface area contributed by atoms with Crippen LogP contribution in [0.5, 0.6) is 0 Å². The third-order valence-electron chi connectivity index (χ3n) is 3.11. The minimum absolute atomic E-state index is 0.326. The average molecular weight is 237 g/mol. The molecule has 2 aromatic rings. The summed E-state index contributed by atoms with van der Waals surface area (Å²) in [5.74, 6) is 6.14. The van der Waals surface area contributed by atoms with Gasteiger partial charge in [-0.15, -0.1) is 11.8 Å². The SMILES string of the molecule is CC#CCC(NCC)c1ccc2ccccc2c1. The summed E-state index contributed by atoms with van der Waals surface area (Å²) in [7, 11) is 0. The van der Waals surface area contributed by atoms with E-state index in [2.05, 4.69) is 66.5 Å². The maximum absolute atomic E-state index is 3.50. The molecule has 0 radical (unpaired) electrons. The summed E-state index contributed by atoms with van der Waals surface area (Å²) in [6, 6.07) is 15.4. The van der Waals surface area contributed by atoms with Gasteiger partial charge in [0.1, 0.15) is 0 Å². The smallest absolute Gasteiger partial charge is 0.0431 e. The lowest BCUT2D eigenvalue weighted by Crippen LogP contribution is -2.20. The van der Waals surface area contributed by atoms with Crippen LogP contribution in [0.2, 0.25) is 0 Å². The molecule has 0 saturated heterocycles. The molecule has 2 aromatic carbocycles. The first-order chi connectivity index (χ1) is 8.85. The van der Waals surface area contributed by atoms with Gasteiger partial charge in [-0.3, -0.25) is 0 Å². The van der Waals surface area contributed by atoms with Gasteiger partial charge in [0.05, 0.1) is 0 Å². The van der Waals surface area contributed by atoms with Crippen molar-refractivity contribution in [3.05, 3.63) is 48.0 Å². The van der Waals surface area contributed by atoms with E-state index in [0.717, 1.165) is 13.0 Å². The summed E-state index contributed by atoms with van der Waals surface area (Å²) in [4.78, 5) is 0. The largest absolute Gasteiger partial charge is 0.309 e. The Morgan fingerprint density at radius 3 is 2.61 bits per heavy atom. The highest BCUT2D eigenvalue weighted by atomic mass is 14.9. The summed E-state index contributed by atoms with van der Waals surface area (Å²) in [5.41, 5.74) is 1.32. The Morgan fingerprint density at radius 1 is 1.11 bits per heavy atom. The Labute approximate surface area is 109 Å². The van der Waals surface area contributed by atoms with Gasteiger partial charge in [0.2, 0.25) is 0 Å². The molecular formula is C17H19N. The van der Waals surface area contributed by atoms with Gasteiger partial charge in [0.15, 0.2) is 0 Å². The summed E-state index contributed by atoms with van der Waals surface area (Å²) in [6.45, 7) is 4.99. The van der Waals surface area contributed by atoms with Gasteiger partial charge < -0.3 is 5.32 Å². The molecular weight excluding hydrogens is 218 g/mol. The van der Waals surface area contributed by atoms with Crippen LogP contribution in [0.25, 0.3) is 10.8 Å². The fourth-order valence-electron chi connectivity index (χ4n) is 2.18. The van der Waals surface area contributed by atoms with Crippen LogP contribution < -0.4 is 5.32 Å². The van der Waals surface area contributed by atoms with Crippen LogP contribution in [0.15, 0.2) is 42.5 Å². The number of hydrogen-bond acceptors (Lipinski definition) is 1. The summed E-state index contributed by atoms with van der Waals surface area (Å²) in [6.07, 6.45) is 0.864. The minimum atomic E-state index is 0.326. The lowest BCUT2D eigenvalue weighted by atomic mass is 10.00. The van der Waals surface area contributed by atoms with Gasteiger partial charge >= 0.3 is 0 Å². The first kappa shape index (κ1) is 12.7. The van der Waals surface area contributed by atoms with E-state index < -0.39 is 0 Å². The predicted octanol–water partition coefficient (Wildman–Crippen LogP) is 3.90. The molecule has 18 heavy (non-hydrogen) atoms. The molecule has 0 aliphatic rings. The zero-order valence-corrected chi connectivity index (χ0v) is 11.0. The van der Waals surface area contributed by atoms with E-state index in [4.69, 9.17) is 0 Å². The van der Waals surface area contributed by atoms with E-state index in [-0.39, 0.29) is 0 Å². The highest BCUT2D eigenvalue weighted by Crippen LogP contribution is 2.22.